The summed E-state index contributed by atoms with van der Waals surface area (Å²) in [5.41, 5.74) is 0. The predicted octanol–water partition coefficient (Wildman–Crippen LogP) is 24.3. The summed E-state index contributed by atoms with van der Waals surface area (Å²) >= 11 is 3.22. The van der Waals surface area contributed by atoms with Crippen LogP contribution in [-0.2, 0) is 42.1 Å². The fraction of sp³-hybridized carbons (Fsp3) is 0.676. The zero-order valence-electron chi connectivity index (χ0n) is 52.0. The van der Waals surface area contributed by atoms with E-state index in [9.17, 15) is 0 Å². The predicted molar refractivity (Wildman–Crippen MR) is 370 cm³/mol. The molecule has 5 rings (SSSR count). The van der Waals surface area contributed by atoms with Crippen LogP contribution in [0.4, 0.5) is 0 Å². The van der Waals surface area contributed by atoms with Crippen molar-refractivity contribution in [3.8, 4) is 11.8 Å². The van der Waals surface area contributed by atoms with Gasteiger partial charge in [0.2, 0.25) is 0 Å². The average molecular weight is 1520 g/mol. The van der Waals surface area contributed by atoms with Gasteiger partial charge in [-0.15, -0.1) is 0 Å². The minimum atomic E-state index is 0. The van der Waals surface area contributed by atoms with E-state index in [-0.39, 0.29) is 88.7 Å². The van der Waals surface area contributed by atoms with Crippen LogP contribution in [-0.4, -0.2) is 73.9 Å². The maximum Gasteiger partial charge on any atom is 2.00 e. The van der Waals surface area contributed by atoms with E-state index < -0.39 is 0 Å². The fourth-order valence-electron chi connectivity index (χ4n) is 9.88. The first kappa shape index (κ1) is 83.0. The second-order valence-electron chi connectivity index (χ2n) is 20.8. The largest absolute Gasteiger partial charge is 2.00 e. The molecule has 0 aliphatic heterocycles. The Balaban J connectivity index is -0.000000434. The van der Waals surface area contributed by atoms with Gasteiger partial charge in [0.1, 0.15) is 0 Å². The summed E-state index contributed by atoms with van der Waals surface area (Å²) < 4.78 is 2.35. The minimum Gasteiger partial charge on any atom is -0.365 e. The van der Waals surface area contributed by atoms with Crippen molar-refractivity contribution in [1.29, 1.82) is 0 Å². The molecule has 5 aromatic rings. The van der Waals surface area contributed by atoms with Crippen molar-refractivity contribution in [1.82, 2.24) is 0 Å². The van der Waals surface area contributed by atoms with Gasteiger partial charge in [-0.25, -0.2) is 22.7 Å². The van der Waals surface area contributed by atoms with Crippen LogP contribution in [0.25, 0.3) is 41.7 Å². The van der Waals surface area contributed by atoms with Gasteiger partial charge >= 0.3 is 42.1 Å². The smallest absolute Gasteiger partial charge is 0.365 e. The molecule has 0 aliphatic carbocycles. The van der Waals surface area contributed by atoms with Gasteiger partial charge in [-0.1, -0.05) is 192 Å². The Labute approximate surface area is 517 Å². The Bertz CT molecular complexity index is 1890. The van der Waals surface area contributed by atoms with E-state index >= 15 is 0 Å². The van der Waals surface area contributed by atoms with Crippen molar-refractivity contribution < 1.29 is 42.1 Å². The van der Waals surface area contributed by atoms with Crippen LogP contribution in [0.5, 0.6) is 0 Å². The van der Waals surface area contributed by atoms with Crippen molar-refractivity contribution in [2.75, 3.05) is 73.9 Å². The molecule has 0 nitrogen and oxygen atoms in total. The van der Waals surface area contributed by atoms with E-state index in [0.717, 1.165) is 31.3 Å². The average Bonchev–Trinajstić information content (AvgIpc) is 4.00. The Morgan fingerprint density at radius 3 is 0.711 bits per heavy atom. The molecule has 0 spiro atoms. The molecule has 0 bridgehead atoms. The number of rotatable bonds is 34. The molecule has 0 fully saturated rings. The van der Waals surface area contributed by atoms with E-state index in [1.165, 1.54) is 161 Å². The SMILES string of the molecule is CCCC[PH+](CCC)CCCC.CCCC[PH+](CCC)CCCC.CCCC[PH+](CCCC)CCCC.CCCC[PH+](CCCC)CCCC.[C-]#Cc1sc2cccc3c4c(C#[C-])sc5cccc(c1c23)c54.[CH3-].[CH3-].[Pt+2].[Pt+2]. The molecular formula is C68H120P4Pt2S2+4. The minimum absolute atomic E-state index is 0. The molecule has 3 aromatic carbocycles. The molecule has 0 aliphatic rings. The molecule has 0 unspecified atom stereocenters. The van der Waals surface area contributed by atoms with Gasteiger partial charge in [0.05, 0.1) is 73.9 Å². The Hall–Kier alpha value is 0.577. The monoisotopic (exact) mass is 1510 g/mol. The van der Waals surface area contributed by atoms with Crippen LogP contribution in [0.3, 0.4) is 0 Å². The Morgan fingerprint density at radius 1 is 0.316 bits per heavy atom. The molecule has 0 saturated heterocycles. The van der Waals surface area contributed by atoms with Crippen molar-refractivity contribution in [2.24, 2.45) is 0 Å². The van der Waals surface area contributed by atoms with Gasteiger partial charge in [0, 0.05) is 41.1 Å². The van der Waals surface area contributed by atoms with Crippen LogP contribution < -0.4 is 0 Å². The topological polar surface area (TPSA) is 0 Å². The summed E-state index contributed by atoms with van der Waals surface area (Å²) in [6, 6.07) is 12.5. The summed E-state index contributed by atoms with van der Waals surface area (Å²) in [4.78, 5) is 1.76. The molecule has 0 N–H and O–H groups in total. The third kappa shape index (κ3) is 33.0. The van der Waals surface area contributed by atoms with Gasteiger partial charge < -0.3 is 27.7 Å². The number of fused-ring (bicyclic) bond motifs is 2. The number of benzene rings is 3. The van der Waals surface area contributed by atoms with Crippen LogP contribution in [0.15, 0.2) is 36.4 Å². The third-order valence-corrected chi connectivity index (χ3v) is 29.4. The van der Waals surface area contributed by atoms with Crippen LogP contribution in [0, 0.1) is 39.5 Å². The maximum atomic E-state index is 7.65. The van der Waals surface area contributed by atoms with Crippen LogP contribution in [0.1, 0.15) is 234 Å². The van der Waals surface area contributed by atoms with Gasteiger partial charge in [0.15, 0.2) is 0 Å². The molecule has 0 amide bonds. The second kappa shape index (κ2) is 56.1. The fourth-order valence-corrected chi connectivity index (χ4v) is 24.9. The molecule has 2 aromatic heterocycles. The molecule has 0 atom stereocenters. The number of hydrogen-bond acceptors (Lipinski definition) is 2. The van der Waals surface area contributed by atoms with Gasteiger partial charge in [-0.3, -0.25) is 11.8 Å². The molecule has 0 saturated carbocycles. The summed E-state index contributed by atoms with van der Waals surface area (Å²) in [5, 5.41) is 6.94. The first-order valence-corrected chi connectivity index (χ1v) is 40.7. The van der Waals surface area contributed by atoms with E-state index in [2.05, 4.69) is 131 Å². The summed E-state index contributed by atoms with van der Waals surface area (Å²) in [6.07, 6.45) is 65.9. The van der Waals surface area contributed by atoms with Crippen LogP contribution in [0.2, 0.25) is 0 Å². The van der Waals surface area contributed by atoms with E-state index in [4.69, 9.17) is 12.8 Å². The molecule has 76 heavy (non-hydrogen) atoms. The third-order valence-electron chi connectivity index (χ3n) is 14.2. The van der Waals surface area contributed by atoms with Crippen molar-refractivity contribution >= 4 is 96.1 Å². The zero-order chi connectivity index (χ0) is 53.2. The first-order valence-electron chi connectivity index (χ1n) is 30.5. The number of hydrogen-bond donors (Lipinski definition) is 0. The number of thiophene rings is 2. The molecule has 0 radical (unpaired) electrons. The normalized spacial score (nSPS) is 10.6. The zero-order valence-corrected chi connectivity index (χ0v) is 62.1. The Morgan fingerprint density at radius 2 is 0.526 bits per heavy atom. The molecular weight excluding hydrogens is 1390 g/mol. The summed E-state index contributed by atoms with van der Waals surface area (Å²) in [7, 11) is 0.293. The van der Waals surface area contributed by atoms with E-state index in [0.29, 0.717) is 0 Å². The Kier molecular flexibility index (Phi) is 61.3. The van der Waals surface area contributed by atoms with E-state index in [1.807, 2.05) is 0 Å². The van der Waals surface area contributed by atoms with Crippen molar-refractivity contribution in [2.45, 2.75) is 224 Å². The summed E-state index contributed by atoms with van der Waals surface area (Å²) in [6.45, 7) is 27.8. The quantitative estimate of drug-likeness (QED) is 0.0167. The second-order valence-corrected chi connectivity index (χ2v) is 34.9. The van der Waals surface area contributed by atoms with Crippen molar-refractivity contribution in [3.05, 3.63) is 73.9 Å². The van der Waals surface area contributed by atoms with Gasteiger partial charge in [-0.05, 0) is 111 Å². The standard InChI is InChI=1S/C20H6S2.2C12H27P.2C11H25P.2CH3.2Pt/c1-3-13-17-11-7-5-10-16-20(11)18(14(4-2)22-16)12-8-6-9-15(21-13)19(12)17;2*1-4-7-10-13(11-8-5-2)12-9-6-3;2*1-4-7-10-12(9-6-3)11-8-5-2;;;;/h5-10H;2*4-12H2,1-3H3;2*4-11H2,1-3H3;2*1H3;;/q-2;;;;;2*-1;2*+2/p+4. The van der Waals surface area contributed by atoms with Crippen LogP contribution >= 0.6 is 54.4 Å². The van der Waals surface area contributed by atoms with Gasteiger partial charge in [0.25, 0.3) is 0 Å². The molecule has 2 heterocycles. The first-order chi connectivity index (χ1) is 35.2. The van der Waals surface area contributed by atoms with Crippen molar-refractivity contribution in [3.63, 3.8) is 0 Å². The van der Waals surface area contributed by atoms with Gasteiger partial charge in [-0.2, -0.15) is 0 Å². The number of unbranched alkanes of at least 4 members (excludes halogenated alkanes) is 10. The molecule has 8 heteroatoms. The van der Waals surface area contributed by atoms with E-state index in [1.54, 1.807) is 96.6 Å². The maximum absolute atomic E-state index is 7.65. The summed E-state index contributed by atoms with van der Waals surface area (Å²) in [5.74, 6) is 5.22. The molecule has 440 valence electrons.